The molecule has 0 unspecified atom stereocenters. The molecule has 0 fully saturated rings. The van der Waals surface area contributed by atoms with E-state index in [2.05, 4.69) is 25.2 Å². The van der Waals surface area contributed by atoms with E-state index in [-0.39, 0.29) is 74.2 Å². The SMILES string of the molecule is CCC1=[C-]CC=C1.[I-].[I-].[Zr+3]. The molecule has 0 bridgehead atoms. The van der Waals surface area contributed by atoms with Crippen LogP contribution in [0.25, 0.3) is 0 Å². The van der Waals surface area contributed by atoms with E-state index in [0.29, 0.717) is 0 Å². The topological polar surface area (TPSA) is 0 Å². The number of halogens is 2. The first-order valence-electron chi connectivity index (χ1n) is 2.69. The Morgan fingerprint density at radius 1 is 1.50 bits per heavy atom. The fourth-order valence-corrected chi connectivity index (χ4v) is 0.693. The zero-order chi connectivity index (χ0) is 5.11. The molecule has 0 heterocycles. The Labute approximate surface area is 116 Å². The van der Waals surface area contributed by atoms with Crippen LogP contribution in [0.5, 0.6) is 0 Å². The van der Waals surface area contributed by atoms with Crippen LogP contribution in [0, 0.1) is 6.08 Å². The molecule has 1 aliphatic rings. The molecule has 1 aliphatic carbocycles. The summed E-state index contributed by atoms with van der Waals surface area (Å²) in [4.78, 5) is 0. The average Bonchev–Trinajstić information content (AvgIpc) is 2.14. The first-order chi connectivity index (χ1) is 3.43. The number of hydrogen-bond donors (Lipinski definition) is 0. The largest absolute Gasteiger partial charge is 3.00 e. The van der Waals surface area contributed by atoms with E-state index in [0.717, 1.165) is 12.8 Å². The van der Waals surface area contributed by atoms with E-state index in [9.17, 15) is 0 Å². The minimum absolute atomic E-state index is 0. The Balaban J connectivity index is -0.000000163. The van der Waals surface area contributed by atoms with Crippen LogP contribution in [0.15, 0.2) is 17.7 Å². The van der Waals surface area contributed by atoms with E-state index in [1.54, 1.807) is 0 Å². The van der Waals surface area contributed by atoms with Crippen molar-refractivity contribution in [2.24, 2.45) is 0 Å². The summed E-state index contributed by atoms with van der Waals surface area (Å²) in [5, 5.41) is 0. The molecular weight excluding hydrogens is 429 g/mol. The molecule has 0 saturated carbocycles. The summed E-state index contributed by atoms with van der Waals surface area (Å²) in [6.07, 6.45) is 9.65. The second-order valence-corrected chi connectivity index (χ2v) is 1.66. The van der Waals surface area contributed by atoms with Gasteiger partial charge in [0.15, 0.2) is 0 Å². The molecular formula is C7H9I2Zr. The van der Waals surface area contributed by atoms with Crippen LogP contribution >= 0.6 is 0 Å². The number of hydrogen-bond acceptors (Lipinski definition) is 0. The zero-order valence-corrected chi connectivity index (χ0v) is 12.6. The van der Waals surface area contributed by atoms with Gasteiger partial charge in [0, 0.05) is 0 Å². The first kappa shape index (κ1) is 17.8. The van der Waals surface area contributed by atoms with E-state index in [4.69, 9.17) is 0 Å². The Kier molecular flexibility index (Phi) is 19.3. The Morgan fingerprint density at radius 3 is 2.30 bits per heavy atom. The predicted octanol–water partition coefficient (Wildman–Crippen LogP) is -3.91. The van der Waals surface area contributed by atoms with Gasteiger partial charge >= 0.3 is 26.2 Å². The van der Waals surface area contributed by atoms with Crippen LogP contribution in [-0.2, 0) is 26.2 Å². The van der Waals surface area contributed by atoms with Gasteiger partial charge in [-0.25, -0.2) is 11.6 Å². The standard InChI is InChI=1S/C7H9.2HI.Zr/c1-2-7-5-3-4-6-7;;;/h3,5H,2,4H2,1H3;2*1H;/q-1;;;+3/p-2. The monoisotopic (exact) mass is 437 g/mol. The summed E-state index contributed by atoms with van der Waals surface area (Å²) in [7, 11) is 0. The van der Waals surface area contributed by atoms with E-state index >= 15 is 0 Å². The van der Waals surface area contributed by atoms with Gasteiger partial charge in [-0.2, -0.15) is 6.08 Å². The number of allylic oxidation sites excluding steroid dienone is 4. The van der Waals surface area contributed by atoms with Gasteiger partial charge < -0.3 is 48.0 Å². The third kappa shape index (κ3) is 6.53. The van der Waals surface area contributed by atoms with Crippen molar-refractivity contribution in [3.05, 3.63) is 23.8 Å². The zero-order valence-electron chi connectivity index (χ0n) is 5.82. The molecule has 0 aliphatic heterocycles. The predicted molar refractivity (Wildman–Crippen MR) is 30.8 cm³/mol. The van der Waals surface area contributed by atoms with Crippen molar-refractivity contribution < 1.29 is 74.2 Å². The molecule has 1 rings (SSSR count). The third-order valence-corrected chi connectivity index (χ3v) is 1.15. The van der Waals surface area contributed by atoms with E-state index < -0.39 is 0 Å². The summed E-state index contributed by atoms with van der Waals surface area (Å²) in [6.45, 7) is 2.15. The molecule has 0 saturated heterocycles. The average molecular weight is 438 g/mol. The summed E-state index contributed by atoms with van der Waals surface area (Å²) in [5.41, 5.74) is 1.36. The summed E-state index contributed by atoms with van der Waals surface area (Å²) in [5.74, 6) is 0. The van der Waals surface area contributed by atoms with Gasteiger partial charge in [0.25, 0.3) is 0 Å². The van der Waals surface area contributed by atoms with Crippen LogP contribution in [0.2, 0.25) is 0 Å². The van der Waals surface area contributed by atoms with Crippen LogP contribution < -0.4 is 48.0 Å². The van der Waals surface area contributed by atoms with Crippen molar-refractivity contribution in [1.82, 2.24) is 0 Å². The minimum atomic E-state index is 0. The normalized spacial score (nSPS) is 12.3. The molecule has 0 aromatic carbocycles. The van der Waals surface area contributed by atoms with Gasteiger partial charge in [0.05, 0.1) is 0 Å². The first-order valence-corrected chi connectivity index (χ1v) is 2.69. The molecule has 0 nitrogen and oxygen atoms in total. The fraction of sp³-hybridized carbons (Fsp3) is 0.429. The maximum atomic E-state index is 3.21. The van der Waals surface area contributed by atoms with Crippen LogP contribution in [0.3, 0.4) is 0 Å². The Morgan fingerprint density at radius 2 is 2.10 bits per heavy atom. The molecule has 0 spiro atoms. The smallest absolute Gasteiger partial charge is 1.00 e. The maximum absolute atomic E-state index is 3.21. The van der Waals surface area contributed by atoms with Crippen molar-refractivity contribution in [3.8, 4) is 0 Å². The van der Waals surface area contributed by atoms with Crippen molar-refractivity contribution in [1.29, 1.82) is 0 Å². The van der Waals surface area contributed by atoms with Gasteiger partial charge in [0.1, 0.15) is 0 Å². The second kappa shape index (κ2) is 10.8. The molecule has 0 amide bonds. The van der Waals surface area contributed by atoms with Crippen molar-refractivity contribution in [2.45, 2.75) is 19.8 Å². The van der Waals surface area contributed by atoms with Crippen LogP contribution in [-0.4, -0.2) is 0 Å². The van der Waals surface area contributed by atoms with Gasteiger partial charge in [-0.1, -0.05) is 13.3 Å². The molecule has 0 aromatic rings. The van der Waals surface area contributed by atoms with Crippen LogP contribution in [0.4, 0.5) is 0 Å². The maximum Gasteiger partial charge on any atom is 3.00 e. The minimum Gasteiger partial charge on any atom is -1.00 e. The van der Waals surface area contributed by atoms with Gasteiger partial charge in [-0.05, 0) is 0 Å². The molecule has 55 valence electrons. The quantitative estimate of drug-likeness (QED) is 0.290. The molecule has 1 radical (unpaired) electrons. The summed E-state index contributed by atoms with van der Waals surface area (Å²) >= 11 is 0. The van der Waals surface area contributed by atoms with Crippen molar-refractivity contribution in [3.63, 3.8) is 0 Å². The molecule has 10 heavy (non-hydrogen) atoms. The summed E-state index contributed by atoms with van der Waals surface area (Å²) in [6, 6.07) is 0. The number of rotatable bonds is 1. The van der Waals surface area contributed by atoms with E-state index in [1.165, 1.54) is 5.57 Å². The fourth-order valence-electron chi connectivity index (χ4n) is 0.693. The van der Waals surface area contributed by atoms with E-state index in [1.807, 2.05) is 0 Å². The molecule has 0 atom stereocenters. The van der Waals surface area contributed by atoms with Gasteiger partial charge in [-0.15, -0.1) is 6.42 Å². The van der Waals surface area contributed by atoms with Crippen molar-refractivity contribution >= 4 is 0 Å². The van der Waals surface area contributed by atoms with Gasteiger partial charge in [-0.3, -0.25) is 6.08 Å². The summed E-state index contributed by atoms with van der Waals surface area (Å²) < 4.78 is 0. The van der Waals surface area contributed by atoms with Crippen molar-refractivity contribution in [2.75, 3.05) is 0 Å². The Hall–Kier alpha value is 1.82. The van der Waals surface area contributed by atoms with Gasteiger partial charge in [0.2, 0.25) is 0 Å². The third-order valence-electron chi connectivity index (χ3n) is 1.15. The second-order valence-electron chi connectivity index (χ2n) is 1.66. The molecule has 0 aromatic heterocycles. The van der Waals surface area contributed by atoms with Crippen LogP contribution in [0.1, 0.15) is 19.8 Å². The Bertz CT molecular complexity index is 119. The molecule has 0 N–H and O–H groups in total. The molecule has 3 heteroatoms.